The van der Waals surface area contributed by atoms with Crippen LogP contribution in [0.3, 0.4) is 0 Å². The SMILES string of the molecule is Cc1cc(N(C)C(=O)N(C)[C@@H]2CN(C(=O)O)C[C@H]2c2ccc(F)cc2)cc(C(F)(F)F)c1. The summed E-state index contributed by atoms with van der Waals surface area (Å²) >= 11 is 0. The number of rotatable bonds is 3. The van der Waals surface area contributed by atoms with E-state index in [1.165, 1.54) is 56.3 Å². The number of anilines is 1. The van der Waals surface area contributed by atoms with E-state index in [0.29, 0.717) is 11.1 Å². The molecule has 0 aromatic heterocycles. The lowest BCUT2D eigenvalue weighted by molar-refractivity contribution is -0.137. The third kappa shape index (κ3) is 4.79. The summed E-state index contributed by atoms with van der Waals surface area (Å²) in [6.45, 7) is 1.64. The number of aryl methyl sites for hydroxylation is 1. The van der Waals surface area contributed by atoms with Crippen molar-refractivity contribution < 1.29 is 32.3 Å². The molecule has 1 aliphatic heterocycles. The lowest BCUT2D eigenvalue weighted by Crippen LogP contribution is -2.47. The van der Waals surface area contributed by atoms with Gasteiger partial charge < -0.3 is 14.9 Å². The fraction of sp³-hybridized carbons (Fsp3) is 0.364. The van der Waals surface area contributed by atoms with Crippen LogP contribution in [-0.4, -0.2) is 60.3 Å². The summed E-state index contributed by atoms with van der Waals surface area (Å²) in [5.41, 5.74) is 0.217. The third-order valence-corrected chi connectivity index (χ3v) is 5.72. The first kappa shape index (κ1) is 23.4. The van der Waals surface area contributed by atoms with E-state index >= 15 is 0 Å². The molecule has 1 N–H and O–H groups in total. The maximum absolute atomic E-state index is 13.3. The molecule has 0 radical (unpaired) electrons. The minimum atomic E-state index is -4.56. The fourth-order valence-electron chi connectivity index (χ4n) is 3.98. The van der Waals surface area contributed by atoms with Crippen molar-refractivity contribution >= 4 is 17.8 Å². The molecular weight excluding hydrogens is 430 g/mol. The topological polar surface area (TPSA) is 64.1 Å². The van der Waals surface area contributed by atoms with Gasteiger partial charge in [-0.25, -0.2) is 14.0 Å². The van der Waals surface area contributed by atoms with Crippen LogP contribution in [0, 0.1) is 12.7 Å². The molecule has 1 heterocycles. The molecule has 0 unspecified atom stereocenters. The summed E-state index contributed by atoms with van der Waals surface area (Å²) in [5, 5.41) is 9.43. The number of benzene rings is 2. The Bertz CT molecular complexity index is 1010. The monoisotopic (exact) mass is 453 g/mol. The second kappa shape index (κ2) is 8.68. The molecule has 3 amide bonds. The van der Waals surface area contributed by atoms with E-state index in [1.54, 1.807) is 0 Å². The first-order valence-electron chi connectivity index (χ1n) is 9.81. The number of carbonyl (C=O) groups excluding carboxylic acids is 1. The molecule has 2 atom stereocenters. The van der Waals surface area contributed by atoms with Crippen molar-refractivity contribution in [3.8, 4) is 0 Å². The van der Waals surface area contributed by atoms with Crippen molar-refractivity contribution in [2.45, 2.75) is 25.1 Å². The van der Waals surface area contributed by atoms with E-state index in [-0.39, 0.29) is 18.8 Å². The third-order valence-electron chi connectivity index (χ3n) is 5.72. The Hall–Kier alpha value is -3.30. The summed E-state index contributed by atoms with van der Waals surface area (Å²) in [4.78, 5) is 28.3. The summed E-state index contributed by atoms with van der Waals surface area (Å²) in [7, 11) is 2.84. The van der Waals surface area contributed by atoms with E-state index in [2.05, 4.69) is 0 Å². The van der Waals surface area contributed by atoms with Gasteiger partial charge in [0.2, 0.25) is 0 Å². The lowest BCUT2D eigenvalue weighted by Gasteiger charge is -2.32. The summed E-state index contributed by atoms with van der Waals surface area (Å²) < 4.78 is 53.0. The number of amides is 3. The van der Waals surface area contributed by atoms with Gasteiger partial charge in [-0.1, -0.05) is 12.1 Å². The molecule has 172 valence electrons. The highest BCUT2D eigenvalue weighted by Gasteiger charge is 2.41. The fourth-order valence-corrected chi connectivity index (χ4v) is 3.98. The van der Waals surface area contributed by atoms with Gasteiger partial charge in [0.05, 0.1) is 11.6 Å². The van der Waals surface area contributed by atoms with Crippen molar-refractivity contribution in [1.29, 1.82) is 0 Å². The van der Waals surface area contributed by atoms with Crippen LogP contribution in [-0.2, 0) is 6.18 Å². The second-order valence-electron chi connectivity index (χ2n) is 7.92. The zero-order valence-electron chi connectivity index (χ0n) is 17.7. The molecule has 1 fully saturated rings. The maximum Gasteiger partial charge on any atom is 0.416 e. The van der Waals surface area contributed by atoms with Crippen LogP contribution in [0.15, 0.2) is 42.5 Å². The molecule has 1 saturated heterocycles. The number of nitrogens with zero attached hydrogens (tertiary/aromatic N) is 3. The number of likely N-dealkylation sites (tertiary alicyclic amines) is 1. The number of carboxylic acid groups (broad SMARTS) is 1. The minimum absolute atomic E-state index is 0.0229. The van der Waals surface area contributed by atoms with Crippen molar-refractivity contribution in [2.24, 2.45) is 0 Å². The molecule has 0 saturated carbocycles. The summed E-state index contributed by atoms with van der Waals surface area (Å²) in [6.07, 6.45) is -5.71. The van der Waals surface area contributed by atoms with Crippen LogP contribution in [0.1, 0.15) is 22.6 Å². The Morgan fingerprint density at radius 1 is 1.06 bits per heavy atom. The Labute approximate surface area is 182 Å². The maximum atomic E-state index is 13.3. The molecule has 6 nitrogen and oxygen atoms in total. The highest BCUT2D eigenvalue weighted by molar-refractivity contribution is 5.92. The van der Waals surface area contributed by atoms with Crippen LogP contribution in [0.4, 0.5) is 32.8 Å². The Morgan fingerprint density at radius 3 is 2.25 bits per heavy atom. The van der Waals surface area contributed by atoms with Crippen LogP contribution >= 0.6 is 0 Å². The van der Waals surface area contributed by atoms with Crippen LogP contribution < -0.4 is 4.90 Å². The van der Waals surface area contributed by atoms with Gasteiger partial charge in [-0.15, -0.1) is 0 Å². The average molecular weight is 453 g/mol. The second-order valence-corrected chi connectivity index (χ2v) is 7.92. The lowest BCUT2D eigenvalue weighted by atomic mass is 9.93. The molecule has 0 spiro atoms. The molecule has 10 heteroatoms. The molecule has 2 aromatic carbocycles. The van der Waals surface area contributed by atoms with E-state index in [4.69, 9.17) is 0 Å². The number of halogens is 4. The summed E-state index contributed by atoms with van der Waals surface area (Å²) in [5.74, 6) is -0.861. The molecular formula is C22H23F4N3O3. The first-order chi connectivity index (χ1) is 14.9. The Morgan fingerprint density at radius 2 is 1.69 bits per heavy atom. The average Bonchev–Trinajstić information content (AvgIpc) is 3.17. The van der Waals surface area contributed by atoms with Crippen LogP contribution in [0.2, 0.25) is 0 Å². The number of carbonyl (C=O) groups is 2. The van der Waals surface area contributed by atoms with Gasteiger partial charge in [-0.2, -0.15) is 13.2 Å². The molecule has 2 aromatic rings. The normalized spacial score (nSPS) is 18.5. The largest absolute Gasteiger partial charge is 0.465 e. The Balaban J connectivity index is 1.89. The number of hydrogen-bond donors (Lipinski definition) is 1. The number of hydrogen-bond acceptors (Lipinski definition) is 2. The van der Waals surface area contributed by atoms with Gasteiger partial charge in [-0.05, 0) is 48.4 Å². The predicted octanol–water partition coefficient (Wildman–Crippen LogP) is 4.79. The van der Waals surface area contributed by atoms with Crippen LogP contribution in [0.5, 0.6) is 0 Å². The van der Waals surface area contributed by atoms with Crippen molar-refractivity contribution in [2.75, 3.05) is 32.1 Å². The zero-order valence-corrected chi connectivity index (χ0v) is 17.7. The van der Waals surface area contributed by atoms with Crippen LogP contribution in [0.25, 0.3) is 0 Å². The number of likely N-dealkylation sites (N-methyl/N-ethyl adjacent to an activating group) is 1. The highest BCUT2D eigenvalue weighted by Crippen LogP contribution is 2.34. The van der Waals surface area contributed by atoms with Gasteiger partial charge >= 0.3 is 18.3 Å². The molecule has 0 aliphatic carbocycles. The van der Waals surface area contributed by atoms with E-state index < -0.39 is 41.6 Å². The summed E-state index contributed by atoms with van der Waals surface area (Å²) in [6, 6.07) is 7.78. The van der Waals surface area contributed by atoms with Gasteiger partial charge in [0.15, 0.2) is 0 Å². The van der Waals surface area contributed by atoms with Crippen molar-refractivity contribution in [3.63, 3.8) is 0 Å². The molecule has 1 aliphatic rings. The van der Waals surface area contributed by atoms with E-state index in [0.717, 1.165) is 21.9 Å². The standard InChI is InChI=1S/C22H23F4N3O3/c1-13-8-15(22(24,25)26)10-17(9-13)27(2)20(30)28(3)19-12-29(21(31)32)11-18(19)14-4-6-16(23)7-5-14/h4-10,18-19H,11-12H2,1-3H3,(H,31,32)/t18-,19+/m0/s1. The number of alkyl halides is 3. The molecule has 32 heavy (non-hydrogen) atoms. The first-order valence-corrected chi connectivity index (χ1v) is 9.81. The van der Waals surface area contributed by atoms with E-state index in [1.807, 2.05) is 0 Å². The van der Waals surface area contributed by atoms with Gasteiger partial charge in [-0.3, -0.25) is 4.90 Å². The Kier molecular flexibility index (Phi) is 6.34. The van der Waals surface area contributed by atoms with Crippen molar-refractivity contribution in [3.05, 3.63) is 65.0 Å². The number of urea groups is 1. The smallest absolute Gasteiger partial charge is 0.416 e. The van der Waals surface area contributed by atoms with Gasteiger partial charge in [0.25, 0.3) is 0 Å². The predicted molar refractivity (Wildman–Crippen MR) is 110 cm³/mol. The van der Waals surface area contributed by atoms with Gasteiger partial charge in [0.1, 0.15) is 5.82 Å². The minimum Gasteiger partial charge on any atom is -0.465 e. The van der Waals surface area contributed by atoms with Gasteiger partial charge in [0, 0.05) is 38.8 Å². The zero-order chi connectivity index (χ0) is 23.8. The van der Waals surface area contributed by atoms with E-state index in [9.17, 15) is 32.3 Å². The molecule has 3 rings (SSSR count). The highest BCUT2D eigenvalue weighted by atomic mass is 19.4. The molecule has 0 bridgehead atoms. The quantitative estimate of drug-likeness (QED) is 0.680. The van der Waals surface area contributed by atoms with Crippen molar-refractivity contribution in [1.82, 2.24) is 9.80 Å².